The molecule has 2 atom stereocenters. The van der Waals surface area contributed by atoms with Crippen molar-refractivity contribution in [1.29, 1.82) is 0 Å². The molecular weight excluding hydrogens is 285 g/mol. The molecule has 2 unspecified atom stereocenters. The summed E-state index contributed by atoms with van der Waals surface area (Å²) in [5.41, 5.74) is 5.82. The van der Waals surface area contributed by atoms with Crippen LogP contribution in [0.4, 0.5) is 0 Å². The Morgan fingerprint density at radius 1 is 1.26 bits per heavy atom. The van der Waals surface area contributed by atoms with Gasteiger partial charge in [0.25, 0.3) is 0 Å². The lowest BCUT2D eigenvalue weighted by Crippen LogP contribution is -2.38. The van der Waals surface area contributed by atoms with Gasteiger partial charge in [-0.25, -0.2) is 0 Å². The third-order valence-electron chi connectivity index (χ3n) is 4.01. The van der Waals surface area contributed by atoms with E-state index >= 15 is 0 Å². The number of rotatable bonds is 6. The monoisotopic (exact) mass is 311 g/mol. The molecule has 0 aromatic rings. The molecule has 2 aliphatic rings. The van der Waals surface area contributed by atoms with Gasteiger partial charge >= 0.3 is 0 Å². The Morgan fingerprint density at radius 2 is 1.95 bits per heavy atom. The minimum atomic E-state index is 0. The van der Waals surface area contributed by atoms with Crippen LogP contribution in [0.25, 0.3) is 0 Å². The lowest BCUT2D eigenvalue weighted by Gasteiger charge is -2.20. The van der Waals surface area contributed by atoms with E-state index in [1.165, 1.54) is 12.8 Å². The highest BCUT2D eigenvalue weighted by Gasteiger charge is 2.29. The minimum Gasteiger partial charge on any atom is -0.355 e. The topological polar surface area (TPSA) is 58.4 Å². The highest BCUT2D eigenvalue weighted by atomic mass is 35.5. The number of nitrogens with two attached hydrogens (primary N) is 1. The fraction of sp³-hybridized carbons (Fsp3) is 0.923. The van der Waals surface area contributed by atoms with E-state index in [1.54, 1.807) is 0 Å². The zero-order valence-corrected chi connectivity index (χ0v) is 13.3. The molecule has 0 aliphatic heterocycles. The molecule has 0 bridgehead atoms. The van der Waals surface area contributed by atoms with Crippen LogP contribution in [-0.2, 0) is 4.79 Å². The predicted octanol–water partition coefficient (Wildman–Crippen LogP) is 1.56. The van der Waals surface area contributed by atoms with Gasteiger partial charge in [0.15, 0.2) is 0 Å². The van der Waals surface area contributed by atoms with E-state index in [1.807, 2.05) is 0 Å². The second-order valence-electron chi connectivity index (χ2n) is 5.42. The molecule has 2 fully saturated rings. The van der Waals surface area contributed by atoms with Gasteiger partial charge < -0.3 is 11.1 Å². The molecule has 3 N–H and O–H groups in total. The van der Waals surface area contributed by atoms with E-state index in [0.717, 1.165) is 44.9 Å². The van der Waals surface area contributed by atoms with Crippen LogP contribution >= 0.6 is 24.8 Å². The summed E-state index contributed by atoms with van der Waals surface area (Å²) in [6.07, 6.45) is 5.50. The molecule has 0 saturated heterocycles. The van der Waals surface area contributed by atoms with Crippen molar-refractivity contribution in [2.24, 2.45) is 11.7 Å². The first-order valence-corrected chi connectivity index (χ1v) is 6.98. The number of hydrogen-bond acceptors (Lipinski definition) is 3. The third kappa shape index (κ3) is 5.86. The SMILES string of the molecule is CCN(CCNC(=O)C1CCC(N)C1)C1CC1.Cl.Cl. The molecular formula is C13H27Cl2N3O. The van der Waals surface area contributed by atoms with Gasteiger partial charge in [0.05, 0.1) is 0 Å². The normalized spacial score (nSPS) is 25.6. The Hall–Kier alpha value is -0.0300. The van der Waals surface area contributed by atoms with E-state index in [-0.39, 0.29) is 42.7 Å². The van der Waals surface area contributed by atoms with Crippen molar-refractivity contribution in [1.82, 2.24) is 10.2 Å². The Labute approximate surface area is 128 Å². The first-order valence-electron chi connectivity index (χ1n) is 6.98. The Kier molecular flexibility index (Phi) is 8.99. The average Bonchev–Trinajstić information content (AvgIpc) is 3.06. The van der Waals surface area contributed by atoms with E-state index < -0.39 is 0 Å². The minimum absolute atomic E-state index is 0. The second kappa shape index (κ2) is 9.01. The summed E-state index contributed by atoms with van der Waals surface area (Å²) in [5.74, 6) is 0.380. The van der Waals surface area contributed by atoms with Crippen LogP contribution in [0.1, 0.15) is 39.0 Å². The Balaban J connectivity index is 0.00000162. The summed E-state index contributed by atoms with van der Waals surface area (Å²) >= 11 is 0. The number of hydrogen-bond donors (Lipinski definition) is 2. The number of amides is 1. The van der Waals surface area contributed by atoms with Crippen LogP contribution in [0.3, 0.4) is 0 Å². The van der Waals surface area contributed by atoms with Crippen molar-refractivity contribution in [3.05, 3.63) is 0 Å². The van der Waals surface area contributed by atoms with Gasteiger partial charge in [-0.05, 0) is 38.6 Å². The van der Waals surface area contributed by atoms with E-state index in [4.69, 9.17) is 5.73 Å². The molecule has 6 heteroatoms. The maximum atomic E-state index is 11.9. The first-order chi connectivity index (χ1) is 8.20. The summed E-state index contributed by atoms with van der Waals surface area (Å²) in [6.45, 7) is 5.06. The molecule has 0 heterocycles. The molecule has 2 aliphatic carbocycles. The van der Waals surface area contributed by atoms with Gasteiger partial charge in [-0.1, -0.05) is 6.92 Å². The second-order valence-corrected chi connectivity index (χ2v) is 5.42. The summed E-state index contributed by atoms with van der Waals surface area (Å²) < 4.78 is 0. The molecule has 19 heavy (non-hydrogen) atoms. The molecule has 4 nitrogen and oxygen atoms in total. The van der Waals surface area contributed by atoms with Gasteiger partial charge in [0, 0.05) is 31.1 Å². The first kappa shape index (κ1) is 19.0. The fourth-order valence-corrected chi connectivity index (χ4v) is 2.76. The van der Waals surface area contributed by atoms with Crippen LogP contribution < -0.4 is 11.1 Å². The van der Waals surface area contributed by atoms with Crippen molar-refractivity contribution >= 4 is 30.7 Å². The van der Waals surface area contributed by atoms with Gasteiger partial charge in [-0.15, -0.1) is 24.8 Å². The number of carbonyl (C=O) groups is 1. The average molecular weight is 312 g/mol. The molecule has 0 aromatic heterocycles. The predicted molar refractivity (Wildman–Crippen MR) is 83.1 cm³/mol. The largest absolute Gasteiger partial charge is 0.355 e. The third-order valence-corrected chi connectivity index (χ3v) is 4.01. The highest BCUT2D eigenvalue weighted by molar-refractivity contribution is 5.85. The number of likely N-dealkylation sites (N-methyl/N-ethyl adjacent to an activating group) is 1. The maximum absolute atomic E-state index is 11.9. The fourth-order valence-electron chi connectivity index (χ4n) is 2.76. The number of nitrogens with zero attached hydrogens (tertiary/aromatic N) is 1. The number of halogens is 2. The van der Waals surface area contributed by atoms with Gasteiger partial charge in [-0.2, -0.15) is 0 Å². The van der Waals surface area contributed by atoms with Crippen LogP contribution in [0, 0.1) is 5.92 Å². The van der Waals surface area contributed by atoms with Crippen molar-refractivity contribution in [3.63, 3.8) is 0 Å². The highest BCUT2D eigenvalue weighted by Crippen LogP contribution is 2.26. The lowest BCUT2D eigenvalue weighted by atomic mass is 10.1. The van der Waals surface area contributed by atoms with Crippen LogP contribution in [-0.4, -0.2) is 42.5 Å². The Bertz CT molecular complexity index is 275. The van der Waals surface area contributed by atoms with Crippen LogP contribution in [0.2, 0.25) is 0 Å². The van der Waals surface area contributed by atoms with Crippen molar-refractivity contribution in [3.8, 4) is 0 Å². The molecule has 2 rings (SSSR count). The van der Waals surface area contributed by atoms with Crippen molar-refractivity contribution < 1.29 is 4.79 Å². The summed E-state index contributed by atoms with van der Waals surface area (Å²) in [5, 5.41) is 3.06. The van der Waals surface area contributed by atoms with Gasteiger partial charge in [-0.3, -0.25) is 9.69 Å². The number of nitrogens with one attached hydrogen (secondary N) is 1. The van der Waals surface area contributed by atoms with Crippen molar-refractivity contribution in [2.75, 3.05) is 19.6 Å². The molecule has 0 spiro atoms. The zero-order valence-electron chi connectivity index (χ0n) is 11.6. The van der Waals surface area contributed by atoms with E-state index in [2.05, 4.69) is 17.1 Å². The van der Waals surface area contributed by atoms with E-state index in [9.17, 15) is 4.79 Å². The molecule has 0 aromatic carbocycles. The number of carbonyl (C=O) groups excluding carboxylic acids is 1. The van der Waals surface area contributed by atoms with E-state index in [0.29, 0.717) is 0 Å². The lowest BCUT2D eigenvalue weighted by molar-refractivity contribution is -0.124. The van der Waals surface area contributed by atoms with Crippen LogP contribution in [0.5, 0.6) is 0 Å². The quantitative estimate of drug-likeness (QED) is 0.782. The van der Waals surface area contributed by atoms with Crippen molar-refractivity contribution in [2.45, 2.75) is 51.1 Å². The summed E-state index contributed by atoms with van der Waals surface area (Å²) in [6, 6.07) is 1.03. The smallest absolute Gasteiger partial charge is 0.223 e. The Morgan fingerprint density at radius 3 is 2.42 bits per heavy atom. The summed E-state index contributed by atoms with van der Waals surface area (Å²) in [4.78, 5) is 14.3. The standard InChI is InChI=1S/C13H25N3O.2ClH/c1-2-16(12-5-6-12)8-7-15-13(17)10-3-4-11(14)9-10;;/h10-12H,2-9,14H2,1H3,(H,15,17);2*1H. The van der Waals surface area contributed by atoms with Gasteiger partial charge in [0.1, 0.15) is 0 Å². The molecule has 114 valence electrons. The molecule has 2 saturated carbocycles. The molecule has 1 amide bonds. The molecule has 0 radical (unpaired) electrons. The van der Waals surface area contributed by atoms with Gasteiger partial charge in [0.2, 0.25) is 5.91 Å². The summed E-state index contributed by atoms with van der Waals surface area (Å²) in [7, 11) is 0. The maximum Gasteiger partial charge on any atom is 0.223 e. The van der Waals surface area contributed by atoms with Crippen LogP contribution in [0.15, 0.2) is 0 Å². The zero-order chi connectivity index (χ0) is 12.3.